The molecule has 1 heterocycles. The van der Waals surface area contributed by atoms with Gasteiger partial charge in [-0.05, 0) is 32.4 Å². The van der Waals surface area contributed by atoms with Crippen molar-refractivity contribution in [2.75, 3.05) is 0 Å². The van der Waals surface area contributed by atoms with Crippen LogP contribution in [0.5, 0.6) is 5.75 Å². The molecule has 0 bridgehead atoms. The SMILES string of the molecule is CCC(Oc1ccc(C)cc1)c1n[nH]c(C)c1C(=O)O. The van der Waals surface area contributed by atoms with Gasteiger partial charge in [-0.3, -0.25) is 5.10 Å². The molecule has 0 saturated heterocycles. The molecule has 5 nitrogen and oxygen atoms in total. The molecular weight excluding hydrogens is 256 g/mol. The molecule has 1 atom stereocenters. The second-order valence-electron chi connectivity index (χ2n) is 4.74. The van der Waals surface area contributed by atoms with E-state index in [1.165, 1.54) is 0 Å². The number of carboxylic acids is 1. The van der Waals surface area contributed by atoms with Crippen molar-refractivity contribution in [1.82, 2.24) is 10.2 Å². The summed E-state index contributed by atoms with van der Waals surface area (Å²) < 4.78 is 5.86. The number of H-pyrrole nitrogens is 1. The average molecular weight is 274 g/mol. The summed E-state index contributed by atoms with van der Waals surface area (Å²) in [6.45, 7) is 5.63. The zero-order valence-corrected chi connectivity index (χ0v) is 11.8. The molecule has 0 aliphatic rings. The number of hydrogen-bond acceptors (Lipinski definition) is 3. The summed E-state index contributed by atoms with van der Waals surface area (Å²) in [6, 6.07) is 7.65. The largest absolute Gasteiger partial charge is 0.484 e. The Labute approximate surface area is 117 Å². The van der Waals surface area contributed by atoms with E-state index in [-0.39, 0.29) is 11.7 Å². The van der Waals surface area contributed by atoms with Gasteiger partial charge in [-0.15, -0.1) is 0 Å². The number of rotatable bonds is 5. The maximum atomic E-state index is 11.3. The lowest BCUT2D eigenvalue weighted by atomic mass is 10.1. The summed E-state index contributed by atoms with van der Waals surface area (Å²) in [5, 5.41) is 16.1. The molecule has 0 spiro atoms. The van der Waals surface area contributed by atoms with E-state index in [1.807, 2.05) is 38.1 Å². The van der Waals surface area contributed by atoms with E-state index >= 15 is 0 Å². The monoisotopic (exact) mass is 274 g/mol. The van der Waals surface area contributed by atoms with Crippen LogP contribution in [0.2, 0.25) is 0 Å². The molecule has 0 aliphatic carbocycles. The smallest absolute Gasteiger partial charge is 0.339 e. The standard InChI is InChI=1S/C15H18N2O3/c1-4-12(20-11-7-5-9(2)6-8-11)14-13(15(18)19)10(3)16-17-14/h5-8,12H,4H2,1-3H3,(H,16,17)(H,18,19). The molecule has 5 heteroatoms. The van der Waals surface area contributed by atoms with Gasteiger partial charge in [0.2, 0.25) is 0 Å². The number of nitrogens with zero attached hydrogens (tertiary/aromatic N) is 1. The predicted octanol–water partition coefficient (Wildman–Crippen LogP) is 3.25. The Hall–Kier alpha value is -2.30. The second-order valence-corrected chi connectivity index (χ2v) is 4.74. The Bertz CT molecular complexity index is 602. The molecule has 0 amide bonds. The first-order chi connectivity index (χ1) is 9.52. The molecule has 106 valence electrons. The zero-order valence-electron chi connectivity index (χ0n) is 11.8. The van der Waals surface area contributed by atoms with Gasteiger partial charge in [-0.25, -0.2) is 4.79 Å². The van der Waals surface area contributed by atoms with E-state index in [0.29, 0.717) is 23.6 Å². The van der Waals surface area contributed by atoms with E-state index in [2.05, 4.69) is 10.2 Å². The molecule has 20 heavy (non-hydrogen) atoms. The van der Waals surface area contributed by atoms with E-state index in [9.17, 15) is 9.90 Å². The number of aromatic amines is 1. The van der Waals surface area contributed by atoms with Crippen molar-refractivity contribution in [1.29, 1.82) is 0 Å². The first kappa shape index (κ1) is 14.1. The quantitative estimate of drug-likeness (QED) is 0.877. The maximum absolute atomic E-state index is 11.3. The van der Waals surface area contributed by atoms with Crippen LogP contribution >= 0.6 is 0 Å². The highest BCUT2D eigenvalue weighted by Gasteiger charge is 2.24. The third kappa shape index (κ3) is 2.82. The minimum absolute atomic E-state index is 0.198. The van der Waals surface area contributed by atoms with Crippen molar-refractivity contribution < 1.29 is 14.6 Å². The van der Waals surface area contributed by atoms with Crippen molar-refractivity contribution in [3.8, 4) is 5.75 Å². The lowest BCUT2D eigenvalue weighted by Crippen LogP contribution is -2.12. The Balaban J connectivity index is 2.29. The molecule has 2 aromatic rings. The van der Waals surface area contributed by atoms with Gasteiger partial charge in [0.25, 0.3) is 0 Å². The van der Waals surface area contributed by atoms with Gasteiger partial charge in [-0.2, -0.15) is 5.10 Å². The number of carboxylic acid groups (broad SMARTS) is 1. The summed E-state index contributed by atoms with van der Waals surface area (Å²) in [5.74, 6) is -0.281. The molecule has 0 fully saturated rings. The van der Waals surface area contributed by atoms with Gasteiger partial charge in [-0.1, -0.05) is 24.6 Å². The molecule has 2 rings (SSSR count). The lowest BCUT2D eigenvalue weighted by Gasteiger charge is -2.16. The summed E-state index contributed by atoms with van der Waals surface area (Å²) in [5.41, 5.74) is 2.33. The van der Waals surface area contributed by atoms with Crippen LogP contribution in [0.3, 0.4) is 0 Å². The third-order valence-electron chi connectivity index (χ3n) is 3.16. The number of hydrogen-bond donors (Lipinski definition) is 2. The van der Waals surface area contributed by atoms with Crippen molar-refractivity contribution in [2.45, 2.75) is 33.3 Å². The number of nitrogens with one attached hydrogen (secondary N) is 1. The highest BCUT2D eigenvalue weighted by atomic mass is 16.5. The molecule has 1 aromatic heterocycles. The van der Waals surface area contributed by atoms with Crippen LogP contribution in [0.1, 0.15) is 46.8 Å². The number of aryl methyl sites for hydroxylation is 2. The molecule has 0 aliphatic heterocycles. The Morgan fingerprint density at radius 2 is 2.00 bits per heavy atom. The van der Waals surface area contributed by atoms with Gasteiger partial charge < -0.3 is 9.84 Å². The fourth-order valence-corrected chi connectivity index (χ4v) is 2.06. The van der Waals surface area contributed by atoms with Crippen molar-refractivity contribution >= 4 is 5.97 Å². The van der Waals surface area contributed by atoms with Crippen LogP contribution < -0.4 is 4.74 Å². The molecule has 2 N–H and O–H groups in total. The predicted molar refractivity (Wildman–Crippen MR) is 75.1 cm³/mol. The van der Waals surface area contributed by atoms with Gasteiger partial charge in [0.05, 0.1) is 0 Å². The Kier molecular flexibility index (Phi) is 4.08. The molecule has 0 saturated carbocycles. The van der Waals surface area contributed by atoms with E-state index in [1.54, 1.807) is 6.92 Å². The normalized spacial score (nSPS) is 12.2. The van der Waals surface area contributed by atoms with E-state index in [4.69, 9.17) is 4.74 Å². The molecular formula is C15H18N2O3. The third-order valence-corrected chi connectivity index (χ3v) is 3.16. The van der Waals surface area contributed by atoms with Crippen LogP contribution in [-0.4, -0.2) is 21.3 Å². The first-order valence-corrected chi connectivity index (χ1v) is 6.54. The van der Waals surface area contributed by atoms with Crippen LogP contribution in [0.15, 0.2) is 24.3 Å². The summed E-state index contributed by atoms with van der Waals surface area (Å²) >= 11 is 0. The summed E-state index contributed by atoms with van der Waals surface area (Å²) in [6.07, 6.45) is 0.257. The van der Waals surface area contributed by atoms with Crippen LogP contribution in [0.25, 0.3) is 0 Å². The number of benzene rings is 1. The Morgan fingerprint density at radius 1 is 1.35 bits per heavy atom. The van der Waals surface area contributed by atoms with Gasteiger partial charge in [0.1, 0.15) is 23.1 Å². The number of aromatic carboxylic acids is 1. The highest BCUT2D eigenvalue weighted by Crippen LogP contribution is 2.27. The fourth-order valence-electron chi connectivity index (χ4n) is 2.06. The topological polar surface area (TPSA) is 75.2 Å². The first-order valence-electron chi connectivity index (χ1n) is 6.54. The molecule has 1 unspecified atom stereocenters. The average Bonchev–Trinajstić information content (AvgIpc) is 2.80. The van der Waals surface area contributed by atoms with Crippen LogP contribution in [0.4, 0.5) is 0 Å². The maximum Gasteiger partial charge on any atom is 0.339 e. The lowest BCUT2D eigenvalue weighted by molar-refractivity contribution is 0.0690. The minimum atomic E-state index is -0.989. The number of carbonyl (C=O) groups is 1. The summed E-state index contributed by atoms with van der Waals surface area (Å²) in [7, 11) is 0. The minimum Gasteiger partial charge on any atom is -0.484 e. The van der Waals surface area contributed by atoms with Crippen molar-refractivity contribution in [2.24, 2.45) is 0 Å². The summed E-state index contributed by atoms with van der Waals surface area (Å²) in [4.78, 5) is 11.3. The van der Waals surface area contributed by atoms with E-state index < -0.39 is 5.97 Å². The highest BCUT2D eigenvalue weighted by molar-refractivity contribution is 5.90. The fraction of sp³-hybridized carbons (Fsp3) is 0.333. The van der Waals surface area contributed by atoms with Gasteiger partial charge in [0, 0.05) is 5.69 Å². The van der Waals surface area contributed by atoms with E-state index in [0.717, 1.165) is 5.56 Å². The van der Waals surface area contributed by atoms with Crippen LogP contribution in [-0.2, 0) is 0 Å². The van der Waals surface area contributed by atoms with Crippen molar-refractivity contribution in [3.05, 3.63) is 46.8 Å². The molecule has 1 aromatic carbocycles. The van der Waals surface area contributed by atoms with Crippen molar-refractivity contribution in [3.63, 3.8) is 0 Å². The van der Waals surface area contributed by atoms with Gasteiger partial charge >= 0.3 is 5.97 Å². The second kappa shape index (κ2) is 5.77. The molecule has 0 radical (unpaired) electrons. The Morgan fingerprint density at radius 3 is 2.55 bits per heavy atom. The van der Waals surface area contributed by atoms with Crippen LogP contribution in [0, 0.1) is 13.8 Å². The number of ether oxygens (including phenoxy) is 1. The number of aromatic nitrogens is 2. The van der Waals surface area contributed by atoms with Gasteiger partial charge in [0.15, 0.2) is 0 Å². The zero-order chi connectivity index (χ0) is 14.7.